The van der Waals surface area contributed by atoms with Crippen LogP contribution in [0.1, 0.15) is 38.8 Å². The second-order valence-corrected chi connectivity index (χ2v) is 10.7. The molecule has 1 aliphatic heterocycles. The van der Waals surface area contributed by atoms with Gasteiger partial charge in [-0.15, -0.1) is 5.53 Å². The van der Waals surface area contributed by atoms with Crippen LogP contribution in [-0.4, -0.2) is 55.0 Å². The highest BCUT2D eigenvalue weighted by atomic mass is 32.1. The maximum atomic E-state index is 13.9. The molecule has 3 aromatic rings. The molecule has 0 saturated heterocycles. The number of hydrogen-bond acceptors (Lipinski definition) is 9. The maximum Gasteiger partial charge on any atom is 0.420 e. The van der Waals surface area contributed by atoms with Crippen LogP contribution in [0.25, 0.3) is 5.70 Å². The molecule has 2 aromatic carbocycles. The molecular formula is C27H30F3N7O3S. The van der Waals surface area contributed by atoms with Gasteiger partial charge < -0.3 is 20.3 Å². The number of alkyl halides is 3. The second kappa shape index (κ2) is 11.8. The number of ether oxygens (including phenoxy) is 1. The number of benzene rings is 2. The van der Waals surface area contributed by atoms with E-state index in [0.717, 1.165) is 22.2 Å². The quantitative estimate of drug-likeness (QED) is 0.341. The molecule has 2 amide bonds. The number of hydrogen-bond donors (Lipinski definition) is 3. The first-order valence-electron chi connectivity index (χ1n) is 12.4. The lowest BCUT2D eigenvalue weighted by molar-refractivity contribution is -0.138. The summed E-state index contributed by atoms with van der Waals surface area (Å²) in [5.74, 6) is -1.07. The zero-order chi connectivity index (χ0) is 30.1. The molecule has 0 unspecified atom stereocenters. The van der Waals surface area contributed by atoms with Gasteiger partial charge in [0.1, 0.15) is 5.75 Å². The molecule has 0 aliphatic carbocycles. The van der Waals surface area contributed by atoms with Gasteiger partial charge in [-0.25, -0.2) is 4.98 Å². The summed E-state index contributed by atoms with van der Waals surface area (Å²) in [4.78, 5) is 31.3. The van der Waals surface area contributed by atoms with Crippen LogP contribution in [-0.2, 0) is 17.5 Å². The summed E-state index contributed by atoms with van der Waals surface area (Å²) in [6.45, 7) is 3.46. The minimum absolute atomic E-state index is 0.00322. The Morgan fingerprint density at radius 2 is 1.90 bits per heavy atom. The number of thiazole rings is 1. The number of nitrogens with one attached hydrogen (secondary N) is 3. The van der Waals surface area contributed by atoms with Crippen molar-refractivity contribution in [2.24, 2.45) is 0 Å². The second-order valence-electron chi connectivity index (χ2n) is 9.66. The summed E-state index contributed by atoms with van der Waals surface area (Å²) in [5.41, 5.74) is 5.04. The molecule has 0 atom stereocenters. The Bertz CT molecular complexity index is 1500. The summed E-state index contributed by atoms with van der Waals surface area (Å²) >= 11 is 1.31. The van der Waals surface area contributed by atoms with Gasteiger partial charge in [0.05, 0.1) is 28.9 Å². The fourth-order valence-electron chi connectivity index (χ4n) is 4.29. The average molecular weight is 590 g/mol. The number of nitrogens with zero attached hydrogens (tertiary/aromatic N) is 4. The first-order valence-corrected chi connectivity index (χ1v) is 13.2. The van der Waals surface area contributed by atoms with Crippen LogP contribution in [0.4, 0.5) is 29.7 Å². The number of carbonyl (C=O) groups excluding carboxylic acids is 2. The van der Waals surface area contributed by atoms with E-state index in [0.29, 0.717) is 16.4 Å². The third-order valence-corrected chi connectivity index (χ3v) is 7.00. The fraction of sp³-hybridized carbons (Fsp3) is 0.296. The van der Waals surface area contributed by atoms with E-state index in [1.807, 2.05) is 20.2 Å². The molecule has 0 bridgehead atoms. The van der Waals surface area contributed by atoms with Crippen LogP contribution in [0, 0.1) is 6.92 Å². The van der Waals surface area contributed by atoms with E-state index in [4.69, 9.17) is 4.74 Å². The molecule has 10 nitrogen and oxygen atoms in total. The van der Waals surface area contributed by atoms with E-state index in [9.17, 15) is 22.8 Å². The third-order valence-electron chi connectivity index (χ3n) is 6.06. The van der Waals surface area contributed by atoms with Gasteiger partial charge in [-0.05, 0) is 50.8 Å². The van der Waals surface area contributed by atoms with Gasteiger partial charge in [-0.2, -0.15) is 13.2 Å². The molecule has 3 N–H and O–H groups in total. The van der Waals surface area contributed by atoms with E-state index in [-0.39, 0.29) is 29.5 Å². The molecule has 14 heteroatoms. The Labute approximate surface area is 239 Å². The lowest BCUT2D eigenvalue weighted by Crippen LogP contribution is -2.38. The predicted octanol–water partition coefficient (Wildman–Crippen LogP) is 4.92. The van der Waals surface area contributed by atoms with Crippen molar-refractivity contribution in [3.05, 3.63) is 69.9 Å². The van der Waals surface area contributed by atoms with Crippen LogP contribution in [0.15, 0.2) is 42.7 Å². The number of methoxy groups -OCH3 is 1. The molecule has 1 aliphatic rings. The molecular weight excluding hydrogens is 559 g/mol. The summed E-state index contributed by atoms with van der Waals surface area (Å²) in [6.07, 6.45) is -1.21. The van der Waals surface area contributed by atoms with Gasteiger partial charge in [0.2, 0.25) is 5.91 Å². The number of hydrazine groups is 2. The van der Waals surface area contributed by atoms with Crippen LogP contribution in [0.5, 0.6) is 5.75 Å². The van der Waals surface area contributed by atoms with Gasteiger partial charge in [-0.3, -0.25) is 19.6 Å². The molecule has 218 valence electrons. The minimum Gasteiger partial charge on any atom is -0.496 e. The molecule has 0 radical (unpaired) electrons. The first kappa shape index (κ1) is 29.8. The molecule has 4 rings (SSSR count). The summed E-state index contributed by atoms with van der Waals surface area (Å²) in [6, 6.07) is 7.37. The van der Waals surface area contributed by atoms with Gasteiger partial charge in [0.15, 0.2) is 5.13 Å². The Kier molecular flexibility index (Phi) is 8.56. The highest BCUT2D eigenvalue weighted by molar-refractivity contribution is 7.16. The maximum absolute atomic E-state index is 13.9. The normalized spacial score (nSPS) is 13.5. The van der Waals surface area contributed by atoms with E-state index in [1.54, 1.807) is 53.4 Å². The number of aromatic nitrogens is 1. The summed E-state index contributed by atoms with van der Waals surface area (Å²) in [5, 5.41) is 9.23. The molecule has 41 heavy (non-hydrogen) atoms. The molecule has 0 saturated carbocycles. The molecule has 1 aromatic heterocycles. The van der Waals surface area contributed by atoms with E-state index < -0.39 is 17.6 Å². The molecule has 0 fully saturated rings. The van der Waals surface area contributed by atoms with E-state index >= 15 is 0 Å². The Hall–Kier alpha value is -4.14. The largest absolute Gasteiger partial charge is 0.496 e. The number of halogens is 3. The predicted molar refractivity (Wildman–Crippen MR) is 152 cm³/mol. The van der Waals surface area contributed by atoms with E-state index in [2.05, 4.69) is 21.2 Å². The van der Waals surface area contributed by atoms with Gasteiger partial charge >= 0.3 is 6.18 Å². The van der Waals surface area contributed by atoms with Gasteiger partial charge in [-0.1, -0.05) is 17.4 Å². The first-order chi connectivity index (χ1) is 19.3. The lowest BCUT2D eigenvalue weighted by Gasteiger charge is -2.22. The smallest absolute Gasteiger partial charge is 0.420 e. The van der Waals surface area contributed by atoms with Crippen LogP contribution in [0.2, 0.25) is 0 Å². The number of rotatable bonds is 8. The molecule has 2 heterocycles. The number of anilines is 3. The third kappa shape index (κ3) is 6.78. The van der Waals surface area contributed by atoms with Crippen molar-refractivity contribution in [2.75, 3.05) is 43.9 Å². The highest BCUT2D eigenvalue weighted by Crippen LogP contribution is 2.41. The minimum atomic E-state index is -4.68. The number of amides is 2. The number of aryl methyl sites for hydroxylation is 1. The van der Waals surface area contributed by atoms with Gasteiger partial charge in [0, 0.05) is 49.7 Å². The fourth-order valence-corrected chi connectivity index (χ4v) is 5.20. The zero-order valence-electron chi connectivity index (χ0n) is 23.3. The van der Waals surface area contributed by atoms with Crippen molar-refractivity contribution in [1.82, 2.24) is 20.4 Å². The topological polar surface area (TPSA) is 102 Å². The van der Waals surface area contributed by atoms with Crippen molar-refractivity contribution in [3.8, 4) is 5.75 Å². The summed E-state index contributed by atoms with van der Waals surface area (Å²) in [7, 11) is 6.46. The lowest BCUT2D eigenvalue weighted by atomic mass is 10.0. The number of carbonyl (C=O) groups is 2. The standard InChI is InChI=1S/C27H30F3N7O3S/c1-15-7-8-17(10-21(15)37-14-22(36(5)34-37)23-12-31-26(41-23)32-16(2)38)25(39)33-19-9-18(13-35(3)4)24(40-6)20(11-19)27(28,29)30/h7-12,14,34H,13H2,1-6H3,(H,33,39)(H,31,32,38). The Morgan fingerprint density at radius 1 is 1.17 bits per heavy atom. The van der Waals surface area contributed by atoms with Crippen molar-refractivity contribution < 1.29 is 27.5 Å². The van der Waals surface area contributed by atoms with Crippen molar-refractivity contribution in [2.45, 2.75) is 26.6 Å². The Morgan fingerprint density at radius 3 is 2.54 bits per heavy atom. The SMILES string of the molecule is COc1c(CN(C)C)cc(NC(=O)c2ccc(C)c(N3C=C(c4cnc(NC(C)=O)s4)N(C)N3)c2)cc1C(F)(F)F. The van der Waals surface area contributed by atoms with Crippen molar-refractivity contribution >= 4 is 45.4 Å². The van der Waals surface area contributed by atoms with E-state index in [1.165, 1.54) is 31.4 Å². The van der Waals surface area contributed by atoms with Crippen LogP contribution >= 0.6 is 11.3 Å². The average Bonchev–Trinajstić information content (AvgIpc) is 3.48. The zero-order valence-corrected chi connectivity index (χ0v) is 24.1. The Balaban J connectivity index is 1.62. The monoisotopic (exact) mass is 589 g/mol. The van der Waals surface area contributed by atoms with Crippen molar-refractivity contribution in [1.29, 1.82) is 0 Å². The molecule has 0 spiro atoms. The summed E-state index contributed by atoms with van der Waals surface area (Å²) < 4.78 is 46.7. The van der Waals surface area contributed by atoms with Gasteiger partial charge in [0.25, 0.3) is 5.91 Å². The van der Waals surface area contributed by atoms with Crippen molar-refractivity contribution in [3.63, 3.8) is 0 Å². The van der Waals surface area contributed by atoms with Crippen LogP contribution < -0.4 is 25.9 Å². The van der Waals surface area contributed by atoms with Crippen LogP contribution in [0.3, 0.4) is 0 Å². The highest BCUT2D eigenvalue weighted by Gasteiger charge is 2.36.